The fraction of sp³-hybridized carbons (Fsp3) is 0.357. The van der Waals surface area contributed by atoms with E-state index in [-0.39, 0.29) is 11.9 Å². The number of anilines is 1. The summed E-state index contributed by atoms with van der Waals surface area (Å²) < 4.78 is 0. The van der Waals surface area contributed by atoms with Crippen LogP contribution in [0.5, 0.6) is 0 Å². The number of nitrogens with one attached hydrogen (secondary N) is 1. The number of hydrogen-bond acceptors (Lipinski definition) is 6. The Balaban J connectivity index is 1.95. The lowest BCUT2D eigenvalue weighted by molar-refractivity contribution is -0.120. The average Bonchev–Trinajstić information content (AvgIpc) is 2.99. The lowest BCUT2D eigenvalue weighted by atomic mass is 10.2. The molecule has 1 amide bonds. The molecule has 112 valence electrons. The monoisotopic (exact) mass is 322 g/mol. The van der Waals surface area contributed by atoms with Crippen molar-refractivity contribution in [1.82, 2.24) is 15.1 Å². The van der Waals surface area contributed by atoms with Gasteiger partial charge in [-0.25, -0.2) is 0 Å². The molecular formula is C14H18N4OS2. The SMILES string of the molecule is CSc1cccc(CN(C)C(C)C(=O)Nc2nncs2)c1. The Kier molecular flexibility index (Phi) is 5.72. The number of carbonyl (C=O) groups excluding carboxylic acids is 1. The highest BCUT2D eigenvalue weighted by Crippen LogP contribution is 2.17. The zero-order valence-electron chi connectivity index (χ0n) is 12.2. The van der Waals surface area contributed by atoms with Gasteiger partial charge in [-0.05, 0) is 37.9 Å². The lowest BCUT2D eigenvalue weighted by Crippen LogP contribution is -2.39. The predicted molar refractivity (Wildman–Crippen MR) is 87.7 cm³/mol. The molecule has 7 heteroatoms. The maximum atomic E-state index is 12.1. The summed E-state index contributed by atoms with van der Waals surface area (Å²) in [5.41, 5.74) is 2.79. The number of thioether (sulfide) groups is 1. The van der Waals surface area contributed by atoms with Gasteiger partial charge in [-0.1, -0.05) is 23.5 Å². The summed E-state index contributed by atoms with van der Waals surface area (Å²) in [4.78, 5) is 15.4. The van der Waals surface area contributed by atoms with Gasteiger partial charge in [-0.15, -0.1) is 22.0 Å². The first-order chi connectivity index (χ1) is 10.1. The van der Waals surface area contributed by atoms with Gasteiger partial charge in [0.25, 0.3) is 0 Å². The van der Waals surface area contributed by atoms with E-state index in [4.69, 9.17) is 0 Å². The number of hydrogen-bond donors (Lipinski definition) is 1. The van der Waals surface area contributed by atoms with Gasteiger partial charge in [-0.3, -0.25) is 15.0 Å². The molecule has 1 unspecified atom stereocenters. The molecule has 1 N–H and O–H groups in total. The molecule has 1 aromatic heterocycles. The second-order valence-corrected chi connectivity index (χ2v) is 6.39. The molecule has 21 heavy (non-hydrogen) atoms. The molecule has 0 aliphatic carbocycles. The van der Waals surface area contributed by atoms with Crippen LogP contribution >= 0.6 is 23.1 Å². The van der Waals surface area contributed by atoms with E-state index in [1.165, 1.54) is 21.8 Å². The van der Waals surface area contributed by atoms with Gasteiger partial charge in [0.05, 0.1) is 6.04 Å². The van der Waals surface area contributed by atoms with Gasteiger partial charge in [0.2, 0.25) is 11.0 Å². The second kappa shape index (κ2) is 7.53. The fourth-order valence-electron chi connectivity index (χ4n) is 1.83. The highest BCUT2D eigenvalue weighted by Gasteiger charge is 2.19. The first kappa shape index (κ1) is 15.9. The summed E-state index contributed by atoms with van der Waals surface area (Å²) in [6.45, 7) is 2.61. The summed E-state index contributed by atoms with van der Waals surface area (Å²) in [7, 11) is 1.94. The van der Waals surface area contributed by atoms with Crippen LogP contribution in [0.1, 0.15) is 12.5 Å². The minimum Gasteiger partial charge on any atom is -0.299 e. The summed E-state index contributed by atoms with van der Waals surface area (Å²) in [5, 5.41) is 10.8. The van der Waals surface area contributed by atoms with E-state index in [0.717, 1.165) is 6.54 Å². The van der Waals surface area contributed by atoms with E-state index in [2.05, 4.69) is 40.0 Å². The van der Waals surface area contributed by atoms with Gasteiger partial charge in [0.1, 0.15) is 5.51 Å². The van der Waals surface area contributed by atoms with Crippen LogP contribution in [0.3, 0.4) is 0 Å². The number of aromatic nitrogens is 2. The Labute approximate surface area is 132 Å². The minimum absolute atomic E-state index is 0.0738. The van der Waals surface area contributed by atoms with E-state index >= 15 is 0 Å². The zero-order chi connectivity index (χ0) is 15.2. The molecule has 1 heterocycles. The van der Waals surface area contributed by atoms with E-state index in [1.54, 1.807) is 17.3 Å². The van der Waals surface area contributed by atoms with E-state index in [9.17, 15) is 4.79 Å². The van der Waals surface area contributed by atoms with Crippen LogP contribution in [-0.4, -0.2) is 40.3 Å². The van der Waals surface area contributed by atoms with Crippen LogP contribution in [0.4, 0.5) is 5.13 Å². The Hall–Kier alpha value is -1.44. The molecule has 0 bridgehead atoms. The zero-order valence-corrected chi connectivity index (χ0v) is 13.9. The van der Waals surface area contributed by atoms with Crippen molar-refractivity contribution in [2.24, 2.45) is 0 Å². The van der Waals surface area contributed by atoms with Crippen molar-refractivity contribution in [2.75, 3.05) is 18.6 Å². The highest BCUT2D eigenvalue weighted by molar-refractivity contribution is 7.98. The van der Waals surface area contributed by atoms with E-state index in [1.807, 2.05) is 24.9 Å². The smallest absolute Gasteiger partial charge is 0.243 e. The number of nitrogens with zero attached hydrogens (tertiary/aromatic N) is 3. The molecule has 1 atom stereocenters. The number of benzene rings is 1. The minimum atomic E-state index is -0.244. The number of amides is 1. The van der Waals surface area contributed by atoms with Crippen LogP contribution in [0.15, 0.2) is 34.7 Å². The summed E-state index contributed by atoms with van der Waals surface area (Å²) in [6.07, 6.45) is 2.06. The van der Waals surface area contributed by atoms with E-state index in [0.29, 0.717) is 5.13 Å². The molecule has 5 nitrogen and oxygen atoms in total. The molecule has 0 aliphatic heterocycles. The third-order valence-electron chi connectivity index (χ3n) is 3.20. The van der Waals surface area contributed by atoms with Crippen molar-refractivity contribution in [2.45, 2.75) is 24.4 Å². The largest absolute Gasteiger partial charge is 0.299 e. The summed E-state index contributed by atoms with van der Waals surface area (Å²) >= 11 is 3.03. The topological polar surface area (TPSA) is 58.1 Å². The Bertz CT molecular complexity index is 588. The lowest BCUT2D eigenvalue weighted by Gasteiger charge is -2.23. The van der Waals surface area contributed by atoms with Crippen molar-refractivity contribution >= 4 is 34.1 Å². The molecule has 0 saturated heterocycles. The maximum absolute atomic E-state index is 12.1. The van der Waals surface area contributed by atoms with Crippen LogP contribution in [0.2, 0.25) is 0 Å². The van der Waals surface area contributed by atoms with Crippen molar-refractivity contribution < 1.29 is 4.79 Å². The molecule has 2 aromatic rings. The molecule has 0 saturated carbocycles. The third-order valence-corrected chi connectivity index (χ3v) is 4.53. The van der Waals surface area contributed by atoms with Crippen LogP contribution in [-0.2, 0) is 11.3 Å². The van der Waals surface area contributed by atoms with Crippen LogP contribution in [0, 0.1) is 0 Å². The van der Waals surface area contributed by atoms with Gasteiger partial charge in [0, 0.05) is 11.4 Å². The van der Waals surface area contributed by atoms with Gasteiger partial charge < -0.3 is 0 Å². The molecular weight excluding hydrogens is 304 g/mol. The van der Waals surface area contributed by atoms with Gasteiger partial charge in [-0.2, -0.15) is 0 Å². The van der Waals surface area contributed by atoms with E-state index < -0.39 is 0 Å². The Morgan fingerprint density at radius 2 is 2.33 bits per heavy atom. The Morgan fingerprint density at radius 1 is 1.52 bits per heavy atom. The number of rotatable bonds is 6. The number of likely N-dealkylation sites (N-methyl/N-ethyl adjacent to an activating group) is 1. The average molecular weight is 322 g/mol. The first-order valence-electron chi connectivity index (χ1n) is 6.50. The predicted octanol–water partition coefficient (Wildman–Crippen LogP) is 2.72. The quantitative estimate of drug-likeness (QED) is 0.829. The van der Waals surface area contributed by atoms with Gasteiger partial charge >= 0.3 is 0 Å². The normalized spacial score (nSPS) is 12.4. The highest BCUT2D eigenvalue weighted by atomic mass is 32.2. The molecule has 2 rings (SSSR count). The summed E-state index contributed by atoms with van der Waals surface area (Å²) in [6, 6.07) is 8.11. The maximum Gasteiger partial charge on any atom is 0.243 e. The molecule has 0 radical (unpaired) electrons. The number of carbonyl (C=O) groups is 1. The van der Waals surface area contributed by atoms with Crippen molar-refractivity contribution in [1.29, 1.82) is 0 Å². The van der Waals surface area contributed by atoms with Crippen LogP contribution < -0.4 is 5.32 Å². The van der Waals surface area contributed by atoms with Crippen molar-refractivity contribution in [3.05, 3.63) is 35.3 Å². The second-order valence-electron chi connectivity index (χ2n) is 4.68. The Morgan fingerprint density at radius 3 is 3.00 bits per heavy atom. The summed E-state index contributed by atoms with van der Waals surface area (Å²) in [5.74, 6) is -0.0738. The first-order valence-corrected chi connectivity index (χ1v) is 8.61. The molecule has 1 aromatic carbocycles. The fourth-order valence-corrected chi connectivity index (χ4v) is 2.77. The van der Waals surface area contributed by atoms with Crippen LogP contribution in [0.25, 0.3) is 0 Å². The molecule has 0 aliphatic rings. The molecule has 0 fully saturated rings. The van der Waals surface area contributed by atoms with Gasteiger partial charge in [0.15, 0.2) is 0 Å². The van der Waals surface area contributed by atoms with Crippen molar-refractivity contribution in [3.63, 3.8) is 0 Å². The third kappa shape index (κ3) is 4.52. The standard InChI is InChI=1S/C14H18N4OS2/c1-10(13(19)16-14-17-15-9-21-14)18(2)8-11-5-4-6-12(7-11)20-3/h4-7,9-10H,8H2,1-3H3,(H,16,17,19). The molecule has 0 spiro atoms. The van der Waals surface area contributed by atoms with Crippen molar-refractivity contribution in [3.8, 4) is 0 Å².